The maximum Gasteiger partial charge on any atom is 0.344 e. The Morgan fingerprint density at radius 1 is 1.07 bits per heavy atom. The second-order valence-corrected chi connectivity index (χ2v) is 12.0. The van der Waals surface area contributed by atoms with Gasteiger partial charge < -0.3 is 25.3 Å². The predicted octanol–water partition coefficient (Wildman–Crippen LogP) is 4.25. The van der Waals surface area contributed by atoms with Gasteiger partial charge in [-0.05, 0) is 56.0 Å². The van der Waals surface area contributed by atoms with Crippen molar-refractivity contribution in [1.82, 2.24) is 19.8 Å². The summed E-state index contributed by atoms with van der Waals surface area (Å²) in [5.41, 5.74) is 7.39. The molecule has 1 unspecified atom stereocenters. The van der Waals surface area contributed by atoms with Crippen molar-refractivity contribution in [3.05, 3.63) is 69.7 Å². The first-order valence-corrected chi connectivity index (χ1v) is 15.5. The number of piperidine rings is 1. The number of carbonyl (C=O) groups is 3. The molecule has 2 saturated heterocycles. The molecule has 4 rings (SSSR count). The quantitative estimate of drug-likeness (QED) is 0.257. The number of halogens is 2. The Labute approximate surface area is 268 Å². The van der Waals surface area contributed by atoms with Crippen molar-refractivity contribution in [3.8, 4) is 0 Å². The molecule has 0 saturated carbocycles. The standard InChI is InChI=1S/C31H40Cl2N6O5/c1-36(30(41)23-17-24(32)19-25(33)18-23)20-28(35-43-2)27(22-7-4-3-5-8-22)11-16-37-14-9-26(10-15-37)38-12-6-13-39(31(38)42)44-21-29(34)40/h3-5,7-8,17-19,26-27H,6,9-16,20-21H2,1-2H3,(H2,34,40)/b35-28+. The molecule has 4 amide bonds. The number of hydrogen-bond donors (Lipinski definition) is 1. The largest absolute Gasteiger partial charge is 0.399 e. The minimum Gasteiger partial charge on any atom is -0.399 e. The molecule has 44 heavy (non-hydrogen) atoms. The summed E-state index contributed by atoms with van der Waals surface area (Å²) in [5.74, 6) is -0.926. The van der Waals surface area contributed by atoms with Crippen LogP contribution in [0.4, 0.5) is 4.79 Å². The fourth-order valence-electron chi connectivity index (χ4n) is 5.83. The van der Waals surface area contributed by atoms with Crippen LogP contribution in [-0.4, -0.2) is 109 Å². The Hall–Kier alpha value is -3.38. The van der Waals surface area contributed by atoms with Gasteiger partial charge in [0.25, 0.3) is 5.91 Å². The fourth-order valence-corrected chi connectivity index (χ4v) is 6.36. The minimum atomic E-state index is -0.611. The van der Waals surface area contributed by atoms with Gasteiger partial charge in [0, 0.05) is 54.3 Å². The number of oxime groups is 1. The van der Waals surface area contributed by atoms with Gasteiger partial charge in [0.2, 0.25) is 5.91 Å². The monoisotopic (exact) mass is 646 g/mol. The van der Waals surface area contributed by atoms with Crippen LogP contribution in [0.1, 0.15) is 47.5 Å². The second-order valence-electron chi connectivity index (χ2n) is 11.1. The van der Waals surface area contributed by atoms with Crippen molar-refractivity contribution in [2.24, 2.45) is 10.9 Å². The third-order valence-corrected chi connectivity index (χ3v) is 8.42. The molecular formula is C31H40Cl2N6O5. The zero-order valence-corrected chi connectivity index (χ0v) is 26.7. The molecule has 2 heterocycles. The Kier molecular flexibility index (Phi) is 12.2. The zero-order valence-electron chi connectivity index (χ0n) is 25.2. The molecule has 238 valence electrons. The zero-order chi connectivity index (χ0) is 31.6. The van der Waals surface area contributed by atoms with Crippen LogP contribution in [0.2, 0.25) is 10.0 Å². The van der Waals surface area contributed by atoms with Gasteiger partial charge in [0.15, 0.2) is 6.61 Å². The summed E-state index contributed by atoms with van der Waals surface area (Å²) in [6.07, 6.45) is 3.21. The maximum atomic E-state index is 13.3. The van der Waals surface area contributed by atoms with Crippen molar-refractivity contribution in [2.75, 3.05) is 60.0 Å². The van der Waals surface area contributed by atoms with E-state index in [0.29, 0.717) is 28.7 Å². The van der Waals surface area contributed by atoms with Gasteiger partial charge >= 0.3 is 6.03 Å². The first-order valence-electron chi connectivity index (χ1n) is 14.7. The van der Waals surface area contributed by atoms with E-state index in [-0.39, 0.29) is 37.0 Å². The van der Waals surface area contributed by atoms with Gasteiger partial charge in [-0.3, -0.25) is 14.4 Å². The second kappa shape index (κ2) is 16.1. The lowest BCUT2D eigenvalue weighted by atomic mass is 9.89. The number of nitrogens with two attached hydrogens (primary N) is 1. The van der Waals surface area contributed by atoms with Crippen LogP contribution in [0.25, 0.3) is 0 Å². The summed E-state index contributed by atoms with van der Waals surface area (Å²) in [5, 5.41) is 6.43. The highest BCUT2D eigenvalue weighted by atomic mass is 35.5. The van der Waals surface area contributed by atoms with Crippen molar-refractivity contribution in [1.29, 1.82) is 0 Å². The number of likely N-dealkylation sites (tertiary alicyclic amines) is 1. The number of nitrogens with zero attached hydrogens (tertiary/aromatic N) is 5. The summed E-state index contributed by atoms with van der Waals surface area (Å²) in [7, 11) is 3.23. The predicted molar refractivity (Wildman–Crippen MR) is 170 cm³/mol. The van der Waals surface area contributed by atoms with Crippen molar-refractivity contribution < 1.29 is 24.1 Å². The number of hydrogen-bond acceptors (Lipinski definition) is 7. The molecule has 0 aromatic heterocycles. The maximum absolute atomic E-state index is 13.3. The van der Waals surface area contributed by atoms with E-state index in [1.54, 1.807) is 30.1 Å². The average Bonchev–Trinajstić information content (AvgIpc) is 3.00. The van der Waals surface area contributed by atoms with Crippen molar-refractivity contribution >= 4 is 46.8 Å². The molecule has 11 nitrogen and oxygen atoms in total. The molecule has 0 spiro atoms. The number of carbonyl (C=O) groups excluding carboxylic acids is 3. The molecule has 0 aliphatic carbocycles. The lowest BCUT2D eigenvalue weighted by molar-refractivity contribution is -0.155. The number of primary amides is 1. The van der Waals surface area contributed by atoms with E-state index in [1.165, 1.54) is 12.2 Å². The smallest absolute Gasteiger partial charge is 0.344 e. The third kappa shape index (κ3) is 9.07. The van der Waals surface area contributed by atoms with Crippen LogP contribution in [0.3, 0.4) is 0 Å². The Bertz CT molecular complexity index is 1300. The normalized spacial score (nSPS) is 17.5. The summed E-state index contributed by atoms with van der Waals surface area (Å²) >= 11 is 12.3. The molecule has 0 bridgehead atoms. The summed E-state index contributed by atoms with van der Waals surface area (Å²) in [4.78, 5) is 53.8. The molecule has 2 aromatic rings. The van der Waals surface area contributed by atoms with Crippen LogP contribution >= 0.6 is 23.2 Å². The van der Waals surface area contributed by atoms with Crippen LogP contribution in [-0.2, 0) is 14.5 Å². The van der Waals surface area contributed by atoms with Crippen LogP contribution in [0.5, 0.6) is 0 Å². The molecular weight excluding hydrogens is 607 g/mol. The van der Waals surface area contributed by atoms with Gasteiger partial charge in [-0.1, -0.05) is 58.7 Å². The Morgan fingerprint density at radius 2 is 1.75 bits per heavy atom. The van der Waals surface area contributed by atoms with E-state index in [1.807, 2.05) is 23.1 Å². The van der Waals surface area contributed by atoms with Gasteiger partial charge in [-0.2, -0.15) is 0 Å². The van der Waals surface area contributed by atoms with E-state index >= 15 is 0 Å². The highest BCUT2D eigenvalue weighted by molar-refractivity contribution is 6.35. The van der Waals surface area contributed by atoms with E-state index in [9.17, 15) is 14.4 Å². The van der Waals surface area contributed by atoms with Crippen molar-refractivity contribution in [3.63, 3.8) is 0 Å². The van der Waals surface area contributed by atoms with Gasteiger partial charge in [-0.15, -0.1) is 0 Å². The van der Waals surface area contributed by atoms with E-state index in [4.69, 9.17) is 38.6 Å². The molecule has 2 N–H and O–H groups in total. The SMILES string of the molecule is CO/N=C(\CN(C)C(=O)c1cc(Cl)cc(Cl)c1)C(CCN1CCC(N2CCCN(OCC(N)=O)C2=O)CC1)c1ccccc1. The van der Waals surface area contributed by atoms with E-state index in [0.717, 1.165) is 56.6 Å². The highest BCUT2D eigenvalue weighted by Crippen LogP contribution is 2.27. The number of benzene rings is 2. The number of urea groups is 1. The van der Waals surface area contributed by atoms with Gasteiger partial charge in [-0.25, -0.2) is 9.86 Å². The van der Waals surface area contributed by atoms with E-state index in [2.05, 4.69) is 22.2 Å². The summed E-state index contributed by atoms with van der Waals surface area (Å²) in [6, 6.07) is 14.8. The van der Waals surface area contributed by atoms with Gasteiger partial charge in [0.05, 0.1) is 18.8 Å². The number of rotatable bonds is 13. The lowest BCUT2D eigenvalue weighted by Crippen LogP contribution is -2.56. The van der Waals surface area contributed by atoms with E-state index < -0.39 is 5.91 Å². The fraction of sp³-hybridized carbons (Fsp3) is 0.484. The number of hydroxylamine groups is 2. The first-order chi connectivity index (χ1) is 21.2. The third-order valence-electron chi connectivity index (χ3n) is 7.98. The molecule has 13 heteroatoms. The van der Waals surface area contributed by atoms with Crippen molar-refractivity contribution in [2.45, 2.75) is 37.6 Å². The van der Waals surface area contributed by atoms with Crippen LogP contribution < -0.4 is 5.73 Å². The summed E-state index contributed by atoms with van der Waals surface area (Å²) < 4.78 is 0. The molecule has 2 aromatic carbocycles. The Balaban J connectivity index is 1.39. The molecule has 1 atom stereocenters. The van der Waals surface area contributed by atoms with Gasteiger partial charge in [0.1, 0.15) is 7.11 Å². The topological polar surface area (TPSA) is 121 Å². The molecule has 2 aliphatic rings. The van der Waals surface area contributed by atoms with Crippen LogP contribution in [0, 0.1) is 0 Å². The molecule has 2 aliphatic heterocycles. The molecule has 2 fully saturated rings. The average molecular weight is 648 g/mol. The Morgan fingerprint density at radius 3 is 2.39 bits per heavy atom. The highest BCUT2D eigenvalue weighted by Gasteiger charge is 2.34. The first kappa shape index (κ1) is 33.5. The lowest BCUT2D eigenvalue weighted by Gasteiger charge is -2.42. The van der Waals surface area contributed by atoms with Crippen LogP contribution in [0.15, 0.2) is 53.7 Å². The number of amides is 4. The minimum absolute atomic E-state index is 0.0910. The molecule has 0 radical (unpaired) electrons. The summed E-state index contributed by atoms with van der Waals surface area (Å²) in [6.45, 7) is 3.53.